The standard InChI is InChI=1S/C11H16BrNO3/c1-8-4-5-9(16-8)6-13(2)7-10(12)11(14)15-3/h4-5,10H,6-7H2,1-3H3. The van der Waals surface area contributed by atoms with Crippen molar-refractivity contribution >= 4 is 21.9 Å². The highest BCUT2D eigenvalue weighted by Crippen LogP contribution is 2.10. The van der Waals surface area contributed by atoms with Gasteiger partial charge >= 0.3 is 5.97 Å². The lowest BCUT2D eigenvalue weighted by Crippen LogP contribution is -2.31. The third-order valence-electron chi connectivity index (χ3n) is 2.15. The first-order chi connectivity index (χ1) is 7.52. The molecule has 5 heteroatoms. The second-order valence-corrected chi connectivity index (χ2v) is 4.81. The predicted octanol–water partition coefficient (Wildman–Crippen LogP) is 1.96. The van der Waals surface area contributed by atoms with E-state index in [0.29, 0.717) is 13.1 Å². The van der Waals surface area contributed by atoms with Crippen LogP contribution in [0.3, 0.4) is 0 Å². The van der Waals surface area contributed by atoms with Gasteiger partial charge in [-0.25, -0.2) is 0 Å². The molecule has 0 N–H and O–H groups in total. The molecule has 1 heterocycles. The lowest BCUT2D eigenvalue weighted by Gasteiger charge is -2.17. The highest BCUT2D eigenvalue weighted by atomic mass is 79.9. The maximum atomic E-state index is 11.2. The van der Waals surface area contributed by atoms with Crippen molar-refractivity contribution in [1.29, 1.82) is 0 Å². The topological polar surface area (TPSA) is 42.7 Å². The third-order valence-corrected chi connectivity index (χ3v) is 2.81. The number of furan rings is 1. The van der Waals surface area contributed by atoms with Crippen molar-refractivity contribution in [1.82, 2.24) is 4.90 Å². The first-order valence-corrected chi connectivity index (χ1v) is 5.90. The highest BCUT2D eigenvalue weighted by Gasteiger charge is 2.17. The summed E-state index contributed by atoms with van der Waals surface area (Å²) in [5, 5.41) is 0. The van der Waals surface area contributed by atoms with Crippen LogP contribution < -0.4 is 0 Å². The Kier molecular flexibility index (Phi) is 5.02. The van der Waals surface area contributed by atoms with Crippen LogP contribution in [0.2, 0.25) is 0 Å². The second kappa shape index (κ2) is 6.06. The number of nitrogens with zero attached hydrogens (tertiary/aromatic N) is 1. The van der Waals surface area contributed by atoms with Crippen LogP contribution in [0.1, 0.15) is 11.5 Å². The van der Waals surface area contributed by atoms with E-state index in [4.69, 9.17) is 4.42 Å². The van der Waals surface area contributed by atoms with Gasteiger partial charge in [0.05, 0.1) is 13.7 Å². The summed E-state index contributed by atoms with van der Waals surface area (Å²) in [6.07, 6.45) is 0. The van der Waals surface area contributed by atoms with Gasteiger partial charge in [0.25, 0.3) is 0 Å². The number of esters is 1. The van der Waals surface area contributed by atoms with Crippen molar-refractivity contribution in [2.24, 2.45) is 0 Å². The number of hydrogen-bond acceptors (Lipinski definition) is 4. The van der Waals surface area contributed by atoms with Crippen molar-refractivity contribution in [3.63, 3.8) is 0 Å². The molecule has 0 aliphatic rings. The van der Waals surface area contributed by atoms with E-state index in [0.717, 1.165) is 11.5 Å². The van der Waals surface area contributed by atoms with Crippen molar-refractivity contribution in [2.45, 2.75) is 18.3 Å². The molecule has 0 amide bonds. The SMILES string of the molecule is COC(=O)C(Br)CN(C)Cc1ccc(C)o1. The molecule has 90 valence electrons. The Hall–Kier alpha value is -0.810. The number of aryl methyl sites for hydroxylation is 1. The van der Waals surface area contributed by atoms with Crippen LogP contribution in [0.15, 0.2) is 16.5 Å². The van der Waals surface area contributed by atoms with E-state index in [9.17, 15) is 4.79 Å². The minimum Gasteiger partial charge on any atom is -0.468 e. The number of alkyl halides is 1. The second-order valence-electron chi connectivity index (χ2n) is 3.70. The fraction of sp³-hybridized carbons (Fsp3) is 0.545. The minimum atomic E-state index is -0.307. The van der Waals surface area contributed by atoms with Crippen LogP contribution in [0.4, 0.5) is 0 Å². The predicted molar refractivity (Wildman–Crippen MR) is 64.5 cm³/mol. The van der Waals surface area contributed by atoms with Gasteiger partial charge in [-0.3, -0.25) is 9.69 Å². The van der Waals surface area contributed by atoms with E-state index in [2.05, 4.69) is 20.7 Å². The molecule has 0 aromatic carbocycles. The normalized spacial score (nSPS) is 12.8. The number of halogens is 1. The van der Waals surface area contributed by atoms with Gasteiger partial charge in [-0.1, -0.05) is 15.9 Å². The molecule has 1 aromatic rings. The van der Waals surface area contributed by atoms with Gasteiger partial charge in [0.1, 0.15) is 16.3 Å². The summed E-state index contributed by atoms with van der Waals surface area (Å²) in [4.78, 5) is 12.9. The van der Waals surface area contributed by atoms with Gasteiger partial charge < -0.3 is 9.15 Å². The largest absolute Gasteiger partial charge is 0.468 e. The van der Waals surface area contributed by atoms with Crippen LogP contribution in [0.5, 0.6) is 0 Å². The van der Waals surface area contributed by atoms with E-state index in [1.165, 1.54) is 7.11 Å². The molecule has 0 aliphatic carbocycles. The Balaban J connectivity index is 2.41. The molecule has 1 unspecified atom stereocenters. The first-order valence-electron chi connectivity index (χ1n) is 4.98. The number of hydrogen-bond donors (Lipinski definition) is 0. The molecule has 0 spiro atoms. The number of rotatable bonds is 5. The molecular weight excluding hydrogens is 274 g/mol. The minimum absolute atomic E-state index is 0.262. The third kappa shape index (κ3) is 3.98. The van der Waals surface area contributed by atoms with Gasteiger partial charge in [0.2, 0.25) is 0 Å². The Labute approximate surface area is 104 Å². The number of ether oxygens (including phenoxy) is 1. The summed E-state index contributed by atoms with van der Waals surface area (Å²) in [6.45, 7) is 3.16. The van der Waals surface area contributed by atoms with Gasteiger partial charge in [-0.2, -0.15) is 0 Å². The summed E-state index contributed by atoms with van der Waals surface area (Å²) in [5.74, 6) is 1.53. The fourth-order valence-electron chi connectivity index (χ4n) is 1.38. The molecule has 0 bridgehead atoms. The van der Waals surface area contributed by atoms with Crippen LogP contribution in [0, 0.1) is 6.92 Å². The molecule has 16 heavy (non-hydrogen) atoms. The molecule has 1 atom stereocenters. The zero-order valence-electron chi connectivity index (χ0n) is 9.70. The maximum absolute atomic E-state index is 11.2. The lowest BCUT2D eigenvalue weighted by atomic mass is 10.3. The van der Waals surface area contributed by atoms with Gasteiger partial charge in [0, 0.05) is 6.54 Å². The van der Waals surface area contributed by atoms with Crippen molar-refractivity contribution in [2.75, 3.05) is 20.7 Å². The van der Waals surface area contributed by atoms with E-state index in [1.54, 1.807) is 0 Å². The summed E-state index contributed by atoms with van der Waals surface area (Å²) >= 11 is 3.28. The highest BCUT2D eigenvalue weighted by molar-refractivity contribution is 9.10. The van der Waals surface area contributed by atoms with Crippen LogP contribution >= 0.6 is 15.9 Å². The lowest BCUT2D eigenvalue weighted by molar-refractivity contribution is -0.140. The monoisotopic (exact) mass is 289 g/mol. The summed E-state index contributed by atoms with van der Waals surface area (Å²) in [7, 11) is 3.31. The zero-order chi connectivity index (χ0) is 12.1. The molecule has 0 fully saturated rings. The average Bonchev–Trinajstić information content (AvgIpc) is 2.62. The molecule has 0 aliphatic heterocycles. The van der Waals surface area contributed by atoms with Gasteiger partial charge in [-0.15, -0.1) is 0 Å². The van der Waals surface area contributed by atoms with E-state index in [1.807, 2.05) is 31.0 Å². The molecular formula is C11H16BrNO3. The summed E-state index contributed by atoms with van der Waals surface area (Å²) in [6, 6.07) is 3.86. The fourth-order valence-corrected chi connectivity index (χ4v) is 2.06. The molecule has 0 saturated heterocycles. The summed E-state index contributed by atoms with van der Waals surface area (Å²) < 4.78 is 10.1. The Bertz CT molecular complexity index is 351. The van der Waals surface area contributed by atoms with Crippen LogP contribution in [-0.2, 0) is 16.1 Å². The molecule has 0 radical (unpaired) electrons. The first kappa shape index (κ1) is 13.3. The number of carbonyl (C=O) groups excluding carboxylic acids is 1. The summed E-state index contributed by atoms with van der Waals surface area (Å²) in [5.41, 5.74) is 0. The number of methoxy groups -OCH3 is 1. The Morgan fingerprint density at radius 3 is 2.81 bits per heavy atom. The van der Waals surface area contributed by atoms with E-state index in [-0.39, 0.29) is 10.8 Å². The van der Waals surface area contributed by atoms with Crippen molar-refractivity contribution in [3.8, 4) is 0 Å². The molecule has 1 aromatic heterocycles. The Morgan fingerprint density at radius 2 is 2.31 bits per heavy atom. The van der Waals surface area contributed by atoms with Gasteiger partial charge in [-0.05, 0) is 26.1 Å². The average molecular weight is 290 g/mol. The zero-order valence-corrected chi connectivity index (χ0v) is 11.3. The van der Waals surface area contributed by atoms with Crippen molar-refractivity contribution in [3.05, 3.63) is 23.7 Å². The van der Waals surface area contributed by atoms with E-state index >= 15 is 0 Å². The Morgan fingerprint density at radius 1 is 1.62 bits per heavy atom. The van der Waals surface area contributed by atoms with E-state index < -0.39 is 0 Å². The quantitative estimate of drug-likeness (QED) is 0.614. The van der Waals surface area contributed by atoms with Gasteiger partial charge in [0.15, 0.2) is 0 Å². The maximum Gasteiger partial charge on any atom is 0.320 e. The molecule has 1 rings (SSSR count). The van der Waals surface area contributed by atoms with Crippen LogP contribution in [0.25, 0.3) is 0 Å². The number of carbonyl (C=O) groups is 1. The van der Waals surface area contributed by atoms with Crippen LogP contribution in [-0.4, -0.2) is 36.4 Å². The molecule has 0 saturated carbocycles. The smallest absolute Gasteiger partial charge is 0.320 e. The van der Waals surface area contributed by atoms with Crippen molar-refractivity contribution < 1.29 is 13.9 Å². The molecule has 4 nitrogen and oxygen atoms in total.